The molecule has 0 aromatic carbocycles. The van der Waals surface area contributed by atoms with Gasteiger partial charge in [0.15, 0.2) is 0 Å². The maximum atomic E-state index is 11.8. The highest BCUT2D eigenvalue weighted by molar-refractivity contribution is 5.98. The van der Waals surface area contributed by atoms with E-state index in [9.17, 15) is 9.59 Å². The van der Waals surface area contributed by atoms with E-state index in [1.807, 2.05) is 0 Å². The fourth-order valence-corrected chi connectivity index (χ4v) is 2.53. The van der Waals surface area contributed by atoms with Gasteiger partial charge in [-0.3, -0.25) is 14.9 Å². The van der Waals surface area contributed by atoms with Crippen molar-refractivity contribution in [3.05, 3.63) is 0 Å². The zero-order valence-electron chi connectivity index (χ0n) is 9.93. The lowest BCUT2D eigenvalue weighted by molar-refractivity contribution is -0.140. The first-order valence-electron chi connectivity index (χ1n) is 5.87. The molecule has 2 unspecified atom stereocenters. The van der Waals surface area contributed by atoms with Crippen molar-refractivity contribution in [1.82, 2.24) is 5.32 Å². The molecule has 1 saturated heterocycles. The van der Waals surface area contributed by atoms with Crippen molar-refractivity contribution in [3.8, 4) is 0 Å². The van der Waals surface area contributed by atoms with E-state index in [1.54, 1.807) is 0 Å². The van der Waals surface area contributed by atoms with E-state index in [0.29, 0.717) is 6.42 Å². The highest BCUT2D eigenvalue weighted by atomic mass is 16.2. The number of hydrogen-bond donors (Lipinski definition) is 1. The van der Waals surface area contributed by atoms with Crippen molar-refractivity contribution in [1.29, 1.82) is 0 Å². The van der Waals surface area contributed by atoms with E-state index >= 15 is 0 Å². The third-order valence-electron chi connectivity index (χ3n) is 3.71. The molecule has 0 aromatic rings. The second-order valence-electron chi connectivity index (χ2n) is 4.76. The molecule has 15 heavy (non-hydrogen) atoms. The monoisotopic (exact) mass is 211 g/mol. The SMILES string of the molecule is CCCC(C)(CC)C1CCC(=O)NC1=O. The second kappa shape index (κ2) is 4.77. The van der Waals surface area contributed by atoms with Crippen molar-refractivity contribution < 1.29 is 9.59 Å². The van der Waals surface area contributed by atoms with E-state index in [-0.39, 0.29) is 23.1 Å². The van der Waals surface area contributed by atoms with Gasteiger partial charge in [0, 0.05) is 12.3 Å². The van der Waals surface area contributed by atoms with Gasteiger partial charge in [0.2, 0.25) is 11.8 Å². The van der Waals surface area contributed by atoms with Crippen LogP contribution >= 0.6 is 0 Å². The summed E-state index contributed by atoms with van der Waals surface area (Å²) < 4.78 is 0. The Morgan fingerprint density at radius 2 is 2.07 bits per heavy atom. The molecular weight excluding hydrogens is 190 g/mol. The van der Waals surface area contributed by atoms with Gasteiger partial charge in [-0.05, 0) is 24.7 Å². The second-order valence-corrected chi connectivity index (χ2v) is 4.76. The maximum absolute atomic E-state index is 11.8. The number of carbonyl (C=O) groups excluding carboxylic acids is 2. The fraction of sp³-hybridized carbons (Fsp3) is 0.833. The van der Waals surface area contributed by atoms with Gasteiger partial charge in [-0.2, -0.15) is 0 Å². The first-order valence-corrected chi connectivity index (χ1v) is 5.87. The first kappa shape index (κ1) is 12.2. The van der Waals surface area contributed by atoms with Crippen molar-refractivity contribution in [2.24, 2.45) is 11.3 Å². The molecule has 1 heterocycles. The Hall–Kier alpha value is -0.860. The molecule has 2 atom stereocenters. The average Bonchev–Trinajstić information content (AvgIpc) is 2.17. The Labute approximate surface area is 91.6 Å². The normalized spacial score (nSPS) is 25.9. The molecular formula is C12H21NO2. The minimum absolute atomic E-state index is 0.0140. The fourth-order valence-electron chi connectivity index (χ4n) is 2.53. The summed E-state index contributed by atoms with van der Waals surface area (Å²) in [7, 11) is 0. The van der Waals surface area contributed by atoms with E-state index in [0.717, 1.165) is 25.7 Å². The Kier molecular flexibility index (Phi) is 3.89. The van der Waals surface area contributed by atoms with Gasteiger partial charge < -0.3 is 0 Å². The van der Waals surface area contributed by atoms with Gasteiger partial charge in [-0.15, -0.1) is 0 Å². The summed E-state index contributed by atoms with van der Waals surface area (Å²) in [6.45, 7) is 6.43. The van der Waals surface area contributed by atoms with Gasteiger partial charge >= 0.3 is 0 Å². The lowest BCUT2D eigenvalue weighted by Crippen LogP contribution is -2.47. The minimum Gasteiger partial charge on any atom is -0.296 e. The Morgan fingerprint density at radius 1 is 1.40 bits per heavy atom. The van der Waals surface area contributed by atoms with Crippen LogP contribution in [0.3, 0.4) is 0 Å². The average molecular weight is 211 g/mol. The number of hydrogen-bond acceptors (Lipinski definition) is 2. The highest BCUT2D eigenvalue weighted by Crippen LogP contribution is 2.39. The third-order valence-corrected chi connectivity index (χ3v) is 3.71. The largest absolute Gasteiger partial charge is 0.296 e. The molecule has 1 N–H and O–H groups in total. The number of imide groups is 1. The lowest BCUT2D eigenvalue weighted by Gasteiger charge is -2.37. The first-order chi connectivity index (χ1) is 7.03. The quantitative estimate of drug-likeness (QED) is 0.725. The van der Waals surface area contributed by atoms with Crippen LogP contribution in [0.4, 0.5) is 0 Å². The van der Waals surface area contributed by atoms with Gasteiger partial charge in [0.25, 0.3) is 0 Å². The molecule has 2 amide bonds. The van der Waals surface area contributed by atoms with E-state index in [4.69, 9.17) is 0 Å². The predicted octanol–water partition coefficient (Wildman–Crippen LogP) is 2.26. The minimum atomic E-state index is -0.119. The van der Waals surface area contributed by atoms with Crippen LogP contribution in [0.5, 0.6) is 0 Å². The molecule has 0 radical (unpaired) electrons. The number of amides is 2. The molecule has 1 aliphatic heterocycles. The van der Waals surface area contributed by atoms with E-state index in [1.165, 1.54) is 0 Å². The van der Waals surface area contributed by atoms with Crippen molar-refractivity contribution in [3.63, 3.8) is 0 Å². The number of carbonyl (C=O) groups is 2. The summed E-state index contributed by atoms with van der Waals surface area (Å²) in [4.78, 5) is 22.8. The molecule has 0 spiro atoms. The number of nitrogens with one attached hydrogen (secondary N) is 1. The van der Waals surface area contributed by atoms with Gasteiger partial charge in [-0.1, -0.05) is 27.2 Å². The molecule has 1 fully saturated rings. The van der Waals surface area contributed by atoms with Crippen LogP contribution in [-0.2, 0) is 9.59 Å². The Morgan fingerprint density at radius 3 is 2.53 bits per heavy atom. The van der Waals surface area contributed by atoms with Gasteiger partial charge in [-0.25, -0.2) is 0 Å². The Bertz CT molecular complexity index is 262. The molecule has 1 aliphatic rings. The van der Waals surface area contributed by atoms with Crippen molar-refractivity contribution in [2.75, 3.05) is 0 Å². The summed E-state index contributed by atoms with van der Waals surface area (Å²) in [6, 6.07) is 0. The smallest absolute Gasteiger partial charge is 0.230 e. The van der Waals surface area contributed by atoms with Gasteiger partial charge in [0.05, 0.1) is 0 Å². The molecule has 0 saturated carbocycles. The molecule has 0 aliphatic carbocycles. The summed E-state index contributed by atoms with van der Waals surface area (Å²) >= 11 is 0. The molecule has 0 bridgehead atoms. The molecule has 0 aromatic heterocycles. The molecule has 86 valence electrons. The van der Waals surface area contributed by atoms with Crippen LogP contribution in [0.1, 0.15) is 52.9 Å². The topological polar surface area (TPSA) is 46.2 Å². The molecule has 3 heteroatoms. The zero-order valence-corrected chi connectivity index (χ0v) is 9.93. The van der Waals surface area contributed by atoms with Crippen LogP contribution < -0.4 is 5.32 Å². The van der Waals surface area contributed by atoms with Crippen molar-refractivity contribution >= 4 is 11.8 Å². The summed E-state index contributed by atoms with van der Waals surface area (Å²) in [5, 5.41) is 2.45. The zero-order chi connectivity index (χ0) is 11.5. The molecule has 3 nitrogen and oxygen atoms in total. The van der Waals surface area contributed by atoms with Crippen LogP contribution in [0.25, 0.3) is 0 Å². The summed E-state index contributed by atoms with van der Waals surface area (Å²) in [5.41, 5.74) is 0.0551. The molecule has 1 rings (SSSR count). The van der Waals surface area contributed by atoms with Crippen molar-refractivity contribution in [2.45, 2.75) is 52.9 Å². The van der Waals surface area contributed by atoms with E-state index in [2.05, 4.69) is 26.1 Å². The van der Waals surface area contributed by atoms with Crippen LogP contribution in [-0.4, -0.2) is 11.8 Å². The number of piperidine rings is 1. The standard InChI is InChI=1S/C12H21NO2/c1-4-8-12(3,5-2)9-6-7-10(14)13-11(9)15/h9H,4-8H2,1-3H3,(H,13,14,15). The van der Waals surface area contributed by atoms with E-state index < -0.39 is 0 Å². The maximum Gasteiger partial charge on any atom is 0.230 e. The summed E-state index contributed by atoms with van der Waals surface area (Å²) in [5.74, 6) is -0.171. The Balaban J connectivity index is 2.76. The van der Waals surface area contributed by atoms with Gasteiger partial charge in [0.1, 0.15) is 0 Å². The van der Waals surface area contributed by atoms with Crippen LogP contribution in [0, 0.1) is 11.3 Å². The summed E-state index contributed by atoms with van der Waals surface area (Å²) in [6.07, 6.45) is 4.34. The highest BCUT2D eigenvalue weighted by Gasteiger charge is 2.39. The third kappa shape index (κ3) is 2.58. The van der Waals surface area contributed by atoms with Crippen LogP contribution in [0.15, 0.2) is 0 Å². The number of rotatable bonds is 4. The lowest BCUT2D eigenvalue weighted by atomic mass is 9.68. The van der Waals surface area contributed by atoms with Crippen LogP contribution in [0.2, 0.25) is 0 Å². The predicted molar refractivity (Wildman–Crippen MR) is 59.2 cm³/mol.